The number of nitrogens with one attached hydrogen (secondary N) is 2. The van der Waals surface area contributed by atoms with Gasteiger partial charge in [-0.3, -0.25) is 9.59 Å². The quantitative estimate of drug-likeness (QED) is 0.788. The minimum absolute atomic E-state index is 0.142. The van der Waals surface area contributed by atoms with Crippen LogP contribution >= 0.6 is 0 Å². The predicted octanol–water partition coefficient (Wildman–Crippen LogP) is 2.51. The highest BCUT2D eigenvalue weighted by Crippen LogP contribution is 2.10. The Bertz CT molecular complexity index is 568. The topological polar surface area (TPSA) is 82.0 Å². The summed E-state index contributed by atoms with van der Waals surface area (Å²) in [7, 11) is 0. The highest BCUT2D eigenvalue weighted by Gasteiger charge is 2.02. The van der Waals surface area contributed by atoms with E-state index in [0.29, 0.717) is 12.2 Å². The van der Waals surface area contributed by atoms with Crippen LogP contribution in [0, 0.1) is 11.3 Å². The second-order valence-electron chi connectivity index (χ2n) is 4.64. The number of carbonyl (C=O) groups excluding carboxylic acids is 2. The van der Waals surface area contributed by atoms with Gasteiger partial charge in [-0.05, 0) is 31.0 Å². The van der Waals surface area contributed by atoms with Crippen molar-refractivity contribution in [2.75, 3.05) is 5.32 Å². The number of nitriles is 1. The number of amides is 2. The predicted molar refractivity (Wildman–Crippen MR) is 81.2 cm³/mol. The van der Waals surface area contributed by atoms with Crippen LogP contribution in [0.3, 0.4) is 0 Å². The van der Waals surface area contributed by atoms with E-state index in [1.54, 1.807) is 24.3 Å². The molecule has 0 aliphatic rings. The first-order chi connectivity index (χ1) is 10.0. The van der Waals surface area contributed by atoms with E-state index in [4.69, 9.17) is 5.26 Å². The van der Waals surface area contributed by atoms with Crippen LogP contribution in [0.15, 0.2) is 35.9 Å². The molecule has 1 aromatic rings. The van der Waals surface area contributed by atoms with Crippen molar-refractivity contribution < 1.29 is 9.59 Å². The van der Waals surface area contributed by atoms with Crippen LogP contribution in [-0.2, 0) is 16.1 Å². The molecule has 0 radical (unpaired) electrons. The van der Waals surface area contributed by atoms with Crippen LogP contribution in [0.5, 0.6) is 0 Å². The van der Waals surface area contributed by atoms with Gasteiger partial charge in [0.25, 0.3) is 0 Å². The molecule has 0 aliphatic carbocycles. The van der Waals surface area contributed by atoms with Crippen LogP contribution in [0.25, 0.3) is 0 Å². The Labute approximate surface area is 124 Å². The van der Waals surface area contributed by atoms with Gasteiger partial charge in [-0.15, -0.1) is 0 Å². The van der Waals surface area contributed by atoms with E-state index < -0.39 is 0 Å². The molecule has 2 N–H and O–H groups in total. The minimum atomic E-state index is -0.296. The minimum Gasteiger partial charge on any atom is -0.351 e. The lowest BCUT2D eigenvalue weighted by Crippen LogP contribution is -2.21. The number of benzene rings is 1. The maximum atomic E-state index is 11.7. The summed E-state index contributed by atoms with van der Waals surface area (Å²) in [5, 5.41) is 13.8. The number of rotatable bonds is 6. The van der Waals surface area contributed by atoms with Gasteiger partial charge in [-0.2, -0.15) is 5.26 Å². The van der Waals surface area contributed by atoms with E-state index in [9.17, 15) is 9.59 Å². The SMILES string of the molecule is CC/C(C)=C/C(=O)Nc1ccc(CNC(=O)CC#N)cc1. The first-order valence-electron chi connectivity index (χ1n) is 6.76. The number of allylic oxidation sites excluding steroid dienone is 1. The molecule has 0 heterocycles. The molecule has 0 saturated carbocycles. The average Bonchev–Trinajstić information content (AvgIpc) is 2.46. The molecule has 2 amide bonds. The smallest absolute Gasteiger partial charge is 0.248 e. The second kappa shape index (κ2) is 8.54. The number of hydrogen-bond acceptors (Lipinski definition) is 3. The second-order valence-corrected chi connectivity index (χ2v) is 4.64. The summed E-state index contributed by atoms with van der Waals surface area (Å²) in [5.41, 5.74) is 2.62. The van der Waals surface area contributed by atoms with Crippen LogP contribution in [0.2, 0.25) is 0 Å². The lowest BCUT2D eigenvalue weighted by Gasteiger charge is -2.06. The van der Waals surface area contributed by atoms with Crippen molar-refractivity contribution in [3.8, 4) is 6.07 Å². The fourth-order valence-electron chi connectivity index (χ4n) is 1.55. The van der Waals surface area contributed by atoms with E-state index in [1.165, 1.54) is 0 Å². The first kappa shape index (κ1) is 16.4. The summed E-state index contributed by atoms with van der Waals surface area (Å²) in [6.07, 6.45) is 2.28. The van der Waals surface area contributed by atoms with Crippen LogP contribution in [-0.4, -0.2) is 11.8 Å². The Morgan fingerprint density at radius 1 is 1.29 bits per heavy atom. The maximum Gasteiger partial charge on any atom is 0.248 e. The Morgan fingerprint density at radius 3 is 2.52 bits per heavy atom. The molecule has 5 nitrogen and oxygen atoms in total. The maximum absolute atomic E-state index is 11.7. The summed E-state index contributed by atoms with van der Waals surface area (Å²) in [6.45, 7) is 4.27. The Hall–Kier alpha value is -2.61. The van der Waals surface area contributed by atoms with E-state index in [0.717, 1.165) is 17.6 Å². The van der Waals surface area contributed by atoms with E-state index >= 15 is 0 Å². The molecule has 0 fully saturated rings. The molecule has 5 heteroatoms. The molecule has 0 aliphatic heterocycles. The molecular weight excluding hydrogens is 266 g/mol. The third kappa shape index (κ3) is 6.39. The molecule has 1 aromatic carbocycles. The van der Waals surface area contributed by atoms with Crippen LogP contribution < -0.4 is 10.6 Å². The average molecular weight is 285 g/mol. The number of hydrogen-bond donors (Lipinski definition) is 2. The third-order valence-electron chi connectivity index (χ3n) is 2.89. The van der Waals surface area contributed by atoms with Gasteiger partial charge in [0.2, 0.25) is 11.8 Å². The van der Waals surface area contributed by atoms with Crippen molar-refractivity contribution in [1.82, 2.24) is 5.32 Å². The number of anilines is 1. The van der Waals surface area contributed by atoms with Gasteiger partial charge in [0, 0.05) is 18.3 Å². The van der Waals surface area contributed by atoms with Crippen molar-refractivity contribution in [2.45, 2.75) is 33.2 Å². The van der Waals surface area contributed by atoms with Gasteiger partial charge < -0.3 is 10.6 Å². The van der Waals surface area contributed by atoms with Gasteiger partial charge in [0.1, 0.15) is 6.42 Å². The highest BCUT2D eigenvalue weighted by molar-refractivity contribution is 5.99. The van der Waals surface area contributed by atoms with Crippen molar-refractivity contribution in [2.24, 2.45) is 0 Å². The molecule has 0 atom stereocenters. The van der Waals surface area contributed by atoms with E-state index in [-0.39, 0.29) is 18.2 Å². The Balaban J connectivity index is 2.53. The monoisotopic (exact) mass is 285 g/mol. The zero-order valence-electron chi connectivity index (χ0n) is 12.3. The lowest BCUT2D eigenvalue weighted by molar-refractivity contribution is -0.120. The van der Waals surface area contributed by atoms with Crippen LogP contribution in [0.1, 0.15) is 32.3 Å². The highest BCUT2D eigenvalue weighted by atomic mass is 16.2. The van der Waals surface area contributed by atoms with Gasteiger partial charge >= 0.3 is 0 Å². The number of carbonyl (C=O) groups is 2. The fraction of sp³-hybridized carbons (Fsp3) is 0.312. The van der Waals surface area contributed by atoms with Crippen molar-refractivity contribution in [3.63, 3.8) is 0 Å². The van der Waals surface area contributed by atoms with Crippen molar-refractivity contribution in [1.29, 1.82) is 5.26 Å². The molecular formula is C16H19N3O2. The molecule has 0 bridgehead atoms. The fourth-order valence-corrected chi connectivity index (χ4v) is 1.55. The lowest BCUT2D eigenvalue weighted by atomic mass is 10.2. The van der Waals surface area contributed by atoms with Gasteiger partial charge in [-0.25, -0.2) is 0 Å². The molecule has 21 heavy (non-hydrogen) atoms. The third-order valence-corrected chi connectivity index (χ3v) is 2.89. The van der Waals surface area contributed by atoms with Gasteiger partial charge in [0.15, 0.2) is 0 Å². The number of nitrogens with zero attached hydrogens (tertiary/aromatic N) is 1. The molecule has 0 aromatic heterocycles. The van der Waals surface area contributed by atoms with E-state index in [1.807, 2.05) is 26.0 Å². The molecule has 1 rings (SSSR count). The summed E-state index contributed by atoms with van der Waals surface area (Å²) in [4.78, 5) is 22.8. The van der Waals surface area contributed by atoms with E-state index in [2.05, 4.69) is 10.6 Å². The summed E-state index contributed by atoms with van der Waals surface area (Å²) in [6, 6.07) is 8.98. The summed E-state index contributed by atoms with van der Waals surface area (Å²) >= 11 is 0. The molecule has 110 valence electrons. The first-order valence-corrected chi connectivity index (χ1v) is 6.76. The standard InChI is InChI=1S/C16H19N3O2/c1-3-12(2)10-16(21)19-14-6-4-13(5-7-14)11-18-15(20)8-9-17/h4-7,10H,3,8,11H2,1-2H3,(H,18,20)(H,19,21)/b12-10+. The Morgan fingerprint density at radius 2 is 1.95 bits per heavy atom. The zero-order chi connectivity index (χ0) is 15.7. The molecule has 0 saturated heterocycles. The van der Waals surface area contributed by atoms with Gasteiger partial charge in [-0.1, -0.05) is 24.6 Å². The van der Waals surface area contributed by atoms with Crippen molar-refractivity contribution in [3.05, 3.63) is 41.5 Å². The normalized spacial score (nSPS) is 10.6. The Kier molecular flexibility index (Phi) is 6.69. The van der Waals surface area contributed by atoms with Crippen LogP contribution in [0.4, 0.5) is 5.69 Å². The summed E-state index contributed by atoms with van der Waals surface area (Å²) < 4.78 is 0. The molecule has 0 spiro atoms. The summed E-state index contributed by atoms with van der Waals surface area (Å²) in [5.74, 6) is -0.445. The van der Waals surface area contributed by atoms with Crippen molar-refractivity contribution >= 4 is 17.5 Å². The largest absolute Gasteiger partial charge is 0.351 e. The zero-order valence-corrected chi connectivity index (χ0v) is 12.3. The molecule has 0 unspecified atom stereocenters. The van der Waals surface area contributed by atoms with Gasteiger partial charge in [0.05, 0.1) is 6.07 Å².